The summed E-state index contributed by atoms with van der Waals surface area (Å²) in [6.07, 6.45) is 0. The van der Waals surface area contributed by atoms with Crippen molar-refractivity contribution in [2.24, 2.45) is 0 Å². The summed E-state index contributed by atoms with van der Waals surface area (Å²) in [5.41, 5.74) is 2.37. The number of nitrogens with zero attached hydrogens (tertiary/aromatic N) is 1. The largest absolute Gasteiger partial charge is 0.364 e. The minimum absolute atomic E-state index is 0.540. The zero-order chi connectivity index (χ0) is 10.4. The molecule has 0 fully saturated rings. The molecule has 0 spiro atoms. The molecular formula is C11H17NO2. The summed E-state index contributed by atoms with van der Waals surface area (Å²) in [7, 11) is 3.36. The van der Waals surface area contributed by atoms with E-state index in [0.717, 1.165) is 5.69 Å². The number of aryl methyl sites for hydroxylation is 1. The van der Waals surface area contributed by atoms with Crippen molar-refractivity contribution in [3.8, 4) is 0 Å². The number of methoxy groups -OCH3 is 2. The van der Waals surface area contributed by atoms with E-state index in [-0.39, 0.29) is 0 Å². The highest BCUT2D eigenvalue weighted by Crippen LogP contribution is 2.18. The third kappa shape index (κ3) is 2.72. The molecule has 3 nitrogen and oxygen atoms in total. The van der Waals surface area contributed by atoms with Crippen molar-refractivity contribution in [3.05, 3.63) is 29.8 Å². The van der Waals surface area contributed by atoms with Crippen molar-refractivity contribution < 1.29 is 9.47 Å². The van der Waals surface area contributed by atoms with Gasteiger partial charge in [0.15, 0.2) is 0 Å². The van der Waals surface area contributed by atoms with Crippen LogP contribution in [0.15, 0.2) is 24.3 Å². The fourth-order valence-corrected chi connectivity index (χ4v) is 1.41. The van der Waals surface area contributed by atoms with Gasteiger partial charge in [0.1, 0.15) is 13.5 Å². The maximum Gasteiger partial charge on any atom is 0.120 e. The molecule has 1 aromatic rings. The Hall–Kier alpha value is -1.06. The average Bonchev–Trinajstić information content (AvgIpc) is 2.18. The van der Waals surface area contributed by atoms with E-state index in [1.165, 1.54) is 5.56 Å². The van der Waals surface area contributed by atoms with E-state index in [1.807, 2.05) is 17.0 Å². The van der Waals surface area contributed by atoms with Gasteiger partial charge in [-0.25, -0.2) is 0 Å². The highest BCUT2D eigenvalue weighted by Gasteiger charge is 2.06. The van der Waals surface area contributed by atoms with E-state index in [2.05, 4.69) is 19.1 Å². The summed E-state index contributed by atoms with van der Waals surface area (Å²) in [5.74, 6) is 0. The molecule has 1 rings (SSSR count). The summed E-state index contributed by atoms with van der Waals surface area (Å²) in [5, 5.41) is 0. The van der Waals surface area contributed by atoms with Gasteiger partial charge in [-0.05, 0) is 18.6 Å². The molecule has 0 aliphatic heterocycles. The van der Waals surface area contributed by atoms with Gasteiger partial charge in [0, 0.05) is 19.9 Å². The predicted molar refractivity (Wildman–Crippen MR) is 57.4 cm³/mol. The molecule has 3 heteroatoms. The van der Waals surface area contributed by atoms with Crippen LogP contribution in [0.4, 0.5) is 5.69 Å². The molecule has 0 amide bonds. The molecule has 0 radical (unpaired) electrons. The lowest BCUT2D eigenvalue weighted by molar-refractivity contribution is 0.140. The zero-order valence-corrected chi connectivity index (χ0v) is 8.99. The number of hydrogen-bond acceptors (Lipinski definition) is 3. The van der Waals surface area contributed by atoms with Gasteiger partial charge in [-0.15, -0.1) is 0 Å². The SMILES string of the molecule is COCN(COC)c1ccccc1C. The maximum absolute atomic E-state index is 5.11. The minimum Gasteiger partial charge on any atom is -0.364 e. The molecule has 0 heterocycles. The molecule has 0 atom stereocenters. The van der Waals surface area contributed by atoms with Gasteiger partial charge in [-0.3, -0.25) is 0 Å². The molecule has 0 aliphatic carbocycles. The quantitative estimate of drug-likeness (QED) is 0.671. The number of benzene rings is 1. The first kappa shape index (κ1) is 11.0. The van der Waals surface area contributed by atoms with E-state index in [4.69, 9.17) is 9.47 Å². The Kier molecular flexibility index (Phi) is 4.43. The Bertz CT molecular complexity index is 270. The van der Waals surface area contributed by atoms with Crippen molar-refractivity contribution in [2.75, 3.05) is 32.6 Å². The van der Waals surface area contributed by atoms with Crippen LogP contribution in [0.1, 0.15) is 5.56 Å². The minimum atomic E-state index is 0.540. The average molecular weight is 195 g/mol. The Morgan fingerprint density at radius 2 is 1.64 bits per heavy atom. The lowest BCUT2D eigenvalue weighted by Gasteiger charge is -2.24. The van der Waals surface area contributed by atoms with Crippen LogP contribution < -0.4 is 4.90 Å². The Morgan fingerprint density at radius 3 is 2.14 bits per heavy atom. The molecule has 0 bridgehead atoms. The van der Waals surface area contributed by atoms with Gasteiger partial charge in [-0.2, -0.15) is 0 Å². The van der Waals surface area contributed by atoms with Gasteiger partial charge >= 0.3 is 0 Å². The standard InChI is InChI=1S/C11H17NO2/c1-10-6-4-5-7-11(10)12(8-13-2)9-14-3/h4-7H,8-9H2,1-3H3. The highest BCUT2D eigenvalue weighted by atomic mass is 16.5. The number of ether oxygens (including phenoxy) is 2. The highest BCUT2D eigenvalue weighted by molar-refractivity contribution is 5.52. The first-order chi connectivity index (χ1) is 6.79. The van der Waals surface area contributed by atoms with E-state index in [9.17, 15) is 0 Å². The van der Waals surface area contributed by atoms with Crippen molar-refractivity contribution in [2.45, 2.75) is 6.92 Å². The molecule has 78 valence electrons. The van der Waals surface area contributed by atoms with Crippen LogP contribution in [0.25, 0.3) is 0 Å². The summed E-state index contributed by atoms with van der Waals surface area (Å²) in [4.78, 5) is 2.04. The number of para-hydroxylation sites is 1. The molecule has 14 heavy (non-hydrogen) atoms. The second-order valence-corrected chi connectivity index (χ2v) is 3.16. The molecular weight excluding hydrogens is 178 g/mol. The smallest absolute Gasteiger partial charge is 0.120 e. The maximum atomic E-state index is 5.11. The van der Waals surface area contributed by atoms with Crippen molar-refractivity contribution >= 4 is 5.69 Å². The van der Waals surface area contributed by atoms with Gasteiger partial charge in [-0.1, -0.05) is 18.2 Å². The van der Waals surface area contributed by atoms with Gasteiger partial charge in [0.25, 0.3) is 0 Å². The Morgan fingerprint density at radius 1 is 1.07 bits per heavy atom. The molecule has 0 N–H and O–H groups in total. The van der Waals surface area contributed by atoms with Crippen LogP contribution >= 0.6 is 0 Å². The first-order valence-corrected chi connectivity index (χ1v) is 4.58. The van der Waals surface area contributed by atoms with Crippen LogP contribution in [0.2, 0.25) is 0 Å². The molecule has 0 aliphatic rings. The van der Waals surface area contributed by atoms with E-state index < -0.39 is 0 Å². The predicted octanol–water partition coefficient (Wildman–Crippen LogP) is 2.01. The number of hydrogen-bond donors (Lipinski definition) is 0. The third-order valence-corrected chi connectivity index (χ3v) is 2.03. The van der Waals surface area contributed by atoms with Crippen LogP contribution in [0, 0.1) is 6.92 Å². The number of rotatable bonds is 5. The normalized spacial score (nSPS) is 10.2. The van der Waals surface area contributed by atoms with Crippen molar-refractivity contribution in [1.29, 1.82) is 0 Å². The topological polar surface area (TPSA) is 21.7 Å². The number of anilines is 1. The van der Waals surface area contributed by atoms with Gasteiger partial charge in [0.2, 0.25) is 0 Å². The lowest BCUT2D eigenvalue weighted by atomic mass is 10.2. The molecule has 0 unspecified atom stereocenters. The van der Waals surface area contributed by atoms with Crippen LogP contribution in [-0.2, 0) is 9.47 Å². The monoisotopic (exact) mass is 195 g/mol. The lowest BCUT2D eigenvalue weighted by Crippen LogP contribution is -2.28. The van der Waals surface area contributed by atoms with Gasteiger partial charge < -0.3 is 14.4 Å². The Balaban J connectivity index is 2.81. The van der Waals surface area contributed by atoms with Crippen molar-refractivity contribution in [1.82, 2.24) is 0 Å². The summed E-state index contributed by atoms with van der Waals surface area (Å²) >= 11 is 0. The molecule has 0 aromatic heterocycles. The van der Waals surface area contributed by atoms with Crippen molar-refractivity contribution in [3.63, 3.8) is 0 Å². The summed E-state index contributed by atoms with van der Waals surface area (Å²) in [6.45, 7) is 3.16. The summed E-state index contributed by atoms with van der Waals surface area (Å²) in [6, 6.07) is 8.18. The third-order valence-electron chi connectivity index (χ3n) is 2.03. The van der Waals surface area contributed by atoms with Gasteiger partial charge in [0.05, 0.1) is 0 Å². The summed E-state index contributed by atoms with van der Waals surface area (Å²) < 4.78 is 10.2. The fraction of sp³-hybridized carbons (Fsp3) is 0.455. The zero-order valence-electron chi connectivity index (χ0n) is 8.99. The second-order valence-electron chi connectivity index (χ2n) is 3.16. The van der Waals surface area contributed by atoms with E-state index >= 15 is 0 Å². The Labute approximate surface area is 85.2 Å². The second kappa shape index (κ2) is 5.62. The van der Waals surface area contributed by atoms with Crippen LogP contribution in [0.5, 0.6) is 0 Å². The molecule has 0 saturated carbocycles. The van der Waals surface area contributed by atoms with Crippen LogP contribution in [0.3, 0.4) is 0 Å². The van der Waals surface area contributed by atoms with Crippen LogP contribution in [-0.4, -0.2) is 27.7 Å². The fourth-order valence-electron chi connectivity index (χ4n) is 1.41. The van der Waals surface area contributed by atoms with E-state index in [0.29, 0.717) is 13.5 Å². The molecule has 1 aromatic carbocycles. The van der Waals surface area contributed by atoms with E-state index in [1.54, 1.807) is 14.2 Å². The molecule has 0 saturated heterocycles. The first-order valence-electron chi connectivity index (χ1n) is 4.58.